The van der Waals surface area contributed by atoms with E-state index in [1.54, 1.807) is 4.90 Å². The van der Waals surface area contributed by atoms with Crippen LogP contribution in [0.2, 0.25) is 0 Å². The number of likely N-dealkylation sites (tertiary alicyclic amines) is 1. The highest BCUT2D eigenvalue weighted by Gasteiger charge is 2.27. The molecule has 1 saturated heterocycles. The highest BCUT2D eigenvalue weighted by Crippen LogP contribution is 2.26. The zero-order valence-electron chi connectivity index (χ0n) is 8.85. The summed E-state index contributed by atoms with van der Waals surface area (Å²) in [6.45, 7) is 1.57. The van der Waals surface area contributed by atoms with Crippen LogP contribution >= 0.6 is 0 Å². The summed E-state index contributed by atoms with van der Waals surface area (Å²) in [4.78, 5) is 13.1. The molecule has 1 atom stereocenters. The predicted molar refractivity (Wildman–Crippen MR) is 57.8 cm³/mol. The molecule has 1 aromatic carbocycles. The maximum Gasteiger partial charge on any atom is 0.409 e. The van der Waals surface area contributed by atoms with Crippen LogP contribution in [0.15, 0.2) is 30.3 Å². The highest BCUT2D eigenvalue weighted by molar-refractivity contribution is 5.67. The Morgan fingerprint density at radius 2 is 2.13 bits per heavy atom. The van der Waals surface area contributed by atoms with Crippen LogP contribution in [0.4, 0.5) is 4.79 Å². The lowest BCUT2D eigenvalue weighted by atomic mass is 9.99. The Morgan fingerprint density at radius 3 is 2.80 bits per heavy atom. The minimum Gasteiger partial charge on any atom is -0.453 e. The number of carbonyl (C=O) groups is 1. The summed E-state index contributed by atoms with van der Waals surface area (Å²) in [6, 6.07) is 10.3. The quantitative estimate of drug-likeness (QED) is 0.703. The second kappa shape index (κ2) is 4.34. The van der Waals surface area contributed by atoms with E-state index in [1.165, 1.54) is 12.7 Å². The van der Waals surface area contributed by atoms with Crippen molar-refractivity contribution in [2.45, 2.75) is 12.3 Å². The lowest BCUT2D eigenvalue weighted by Gasteiger charge is -2.14. The van der Waals surface area contributed by atoms with Gasteiger partial charge in [-0.2, -0.15) is 0 Å². The van der Waals surface area contributed by atoms with Crippen molar-refractivity contribution in [3.8, 4) is 0 Å². The Labute approximate surface area is 89.7 Å². The van der Waals surface area contributed by atoms with Gasteiger partial charge < -0.3 is 9.64 Å². The molecule has 0 aromatic heterocycles. The molecule has 1 amide bonds. The van der Waals surface area contributed by atoms with Crippen LogP contribution in [0.3, 0.4) is 0 Å². The standard InChI is InChI=1S/C12H15NO2/c1-15-12(14)13-8-7-11(9-13)10-5-3-2-4-6-10/h2-6,11H,7-9H2,1H3/t11-/m1/s1. The molecule has 3 nitrogen and oxygen atoms in total. The van der Waals surface area contributed by atoms with Gasteiger partial charge >= 0.3 is 6.09 Å². The molecule has 0 saturated carbocycles. The van der Waals surface area contributed by atoms with E-state index < -0.39 is 0 Å². The fourth-order valence-corrected chi connectivity index (χ4v) is 2.05. The van der Waals surface area contributed by atoms with Gasteiger partial charge in [0.05, 0.1) is 7.11 Å². The molecular weight excluding hydrogens is 190 g/mol. The van der Waals surface area contributed by atoms with Gasteiger partial charge in [0, 0.05) is 19.0 Å². The number of methoxy groups -OCH3 is 1. The summed E-state index contributed by atoms with van der Waals surface area (Å²) in [5.41, 5.74) is 1.31. The van der Waals surface area contributed by atoms with E-state index in [-0.39, 0.29) is 6.09 Å². The molecule has 1 fully saturated rings. The third kappa shape index (κ3) is 2.12. The molecule has 0 unspecified atom stereocenters. The van der Waals surface area contributed by atoms with E-state index in [9.17, 15) is 4.79 Å². The van der Waals surface area contributed by atoms with Gasteiger partial charge in [0.2, 0.25) is 0 Å². The van der Waals surface area contributed by atoms with E-state index in [2.05, 4.69) is 12.1 Å². The van der Waals surface area contributed by atoms with Crippen molar-refractivity contribution in [3.05, 3.63) is 35.9 Å². The molecular formula is C12H15NO2. The monoisotopic (exact) mass is 205 g/mol. The highest BCUT2D eigenvalue weighted by atomic mass is 16.5. The van der Waals surface area contributed by atoms with Gasteiger partial charge in [0.25, 0.3) is 0 Å². The summed E-state index contributed by atoms with van der Waals surface area (Å²) in [6.07, 6.45) is 0.812. The fourth-order valence-electron chi connectivity index (χ4n) is 2.05. The van der Waals surface area contributed by atoms with Crippen molar-refractivity contribution in [2.24, 2.45) is 0 Å². The minimum atomic E-state index is -0.214. The number of hydrogen-bond acceptors (Lipinski definition) is 2. The first-order chi connectivity index (χ1) is 7.31. The zero-order valence-corrected chi connectivity index (χ0v) is 8.85. The third-order valence-corrected chi connectivity index (χ3v) is 2.89. The average molecular weight is 205 g/mol. The topological polar surface area (TPSA) is 29.5 Å². The molecule has 1 aromatic rings. The molecule has 0 spiro atoms. The zero-order chi connectivity index (χ0) is 10.7. The molecule has 1 aliphatic rings. The van der Waals surface area contributed by atoms with Crippen LogP contribution in [0.25, 0.3) is 0 Å². The minimum absolute atomic E-state index is 0.214. The van der Waals surface area contributed by atoms with Crippen LogP contribution in [-0.2, 0) is 4.74 Å². The average Bonchev–Trinajstić information content (AvgIpc) is 2.78. The molecule has 2 rings (SSSR count). The summed E-state index contributed by atoms with van der Waals surface area (Å²) >= 11 is 0. The second-order valence-corrected chi connectivity index (χ2v) is 3.81. The van der Waals surface area contributed by atoms with Crippen molar-refractivity contribution in [2.75, 3.05) is 20.2 Å². The second-order valence-electron chi connectivity index (χ2n) is 3.81. The normalized spacial score (nSPS) is 20.3. The van der Waals surface area contributed by atoms with Crippen molar-refractivity contribution in [3.63, 3.8) is 0 Å². The lowest BCUT2D eigenvalue weighted by Crippen LogP contribution is -2.28. The Bertz CT molecular complexity index is 337. The smallest absolute Gasteiger partial charge is 0.409 e. The van der Waals surface area contributed by atoms with Gasteiger partial charge in [-0.25, -0.2) is 4.79 Å². The first-order valence-corrected chi connectivity index (χ1v) is 5.19. The molecule has 0 aliphatic carbocycles. The Morgan fingerprint density at radius 1 is 1.40 bits per heavy atom. The van der Waals surface area contributed by atoms with Gasteiger partial charge in [0.15, 0.2) is 0 Å². The van der Waals surface area contributed by atoms with E-state index in [0.717, 1.165) is 19.5 Å². The van der Waals surface area contributed by atoms with Crippen LogP contribution in [-0.4, -0.2) is 31.2 Å². The van der Waals surface area contributed by atoms with E-state index >= 15 is 0 Å². The van der Waals surface area contributed by atoms with Crippen LogP contribution in [0.1, 0.15) is 17.9 Å². The van der Waals surface area contributed by atoms with Crippen molar-refractivity contribution in [1.29, 1.82) is 0 Å². The molecule has 0 radical (unpaired) electrons. The molecule has 0 bridgehead atoms. The van der Waals surface area contributed by atoms with Crippen molar-refractivity contribution >= 4 is 6.09 Å². The van der Waals surface area contributed by atoms with Gasteiger partial charge in [-0.15, -0.1) is 0 Å². The number of hydrogen-bond donors (Lipinski definition) is 0. The summed E-state index contributed by atoms with van der Waals surface area (Å²) in [5.74, 6) is 0.463. The number of nitrogens with zero attached hydrogens (tertiary/aromatic N) is 1. The van der Waals surface area contributed by atoms with Crippen molar-refractivity contribution in [1.82, 2.24) is 4.90 Å². The first-order valence-electron chi connectivity index (χ1n) is 5.19. The van der Waals surface area contributed by atoms with E-state index in [1.807, 2.05) is 18.2 Å². The molecule has 80 valence electrons. The third-order valence-electron chi connectivity index (χ3n) is 2.89. The summed E-state index contributed by atoms with van der Waals surface area (Å²) in [5, 5.41) is 0. The van der Waals surface area contributed by atoms with Crippen molar-refractivity contribution < 1.29 is 9.53 Å². The lowest BCUT2D eigenvalue weighted by molar-refractivity contribution is 0.132. The van der Waals surface area contributed by atoms with Crippen LogP contribution < -0.4 is 0 Å². The van der Waals surface area contributed by atoms with Gasteiger partial charge in [-0.3, -0.25) is 0 Å². The van der Waals surface area contributed by atoms with Gasteiger partial charge in [-0.1, -0.05) is 30.3 Å². The number of rotatable bonds is 1. The molecule has 0 N–H and O–H groups in total. The molecule has 3 heteroatoms. The number of benzene rings is 1. The molecule has 15 heavy (non-hydrogen) atoms. The molecule has 1 aliphatic heterocycles. The van der Waals surface area contributed by atoms with Gasteiger partial charge in [-0.05, 0) is 12.0 Å². The number of amides is 1. The van der Waals surface area contributed by atoms with E-state index in [4.69, 9.17) is 4.74 Å². The summed E-state index contributed by atoms with van der Waals surface area (Å²) in [7, 11) is 1.43. The SMILES string of the molecule is COC(=O)N1CC[C@@H](c2ccccc2)C1. The van der Waals surface area contributed by atoms with Gasteiger partial charge in [0.1, 0.15) is 0 Å². The largest absolute Gasteiger partial charge is 0.453 e. The number of ether oxygens (including phenoxy) is 1. The van der Waals surface area contributed by atoms with Crippen LogP contribution in [0, 0.1) is 0 Å². The Kier molecular flexibility index (Phi) is 2.90. The maximum atomic E-state index is 11.3. The molecule has 1 heterocycles. The first kappa shape index (κ1) is 10.0. The number of carbonyl (C=O) groups excluding carboxylic acids is 1. The van der Waals surface area contributed by atoms with E-state index in [0.29, 0.717) is 5.92 Å². The predicted octanol–water partition coefficient (Wildman–Crippen LogP) is 2.24. The fraction of sp³-hybridized carbons (Fsp3) is 0.417. The Hall–Kier alpha value is -1.51. The van der Waals surface area contributed by atoms with Crippen LogP contribution in [0.5, 0.6) is 0 Å². The Balaban J connectivity index is 2.02. The summed E-state index contributed by atoms with van der Waals surface area (Å²) < 4.78 is 4.71. The maximum absolute atomic E-state index is 11.3.